The lowest BCUT2D eigenvalue weighted by molar-refractivity contribution is -0.144. The molecule has 0 radical (unpaired) electrons. The molecule has 0 saturated heterocycles. The molecule has 4 rings (SSSR count). The monoisotopic (exact) mass is 376 g/mol. The van der Waals surface area contributed by atoms with Crippen molar-refractivity contribution in [1.29, 1.82) is 0 Å². The van der Waals surface area contributed by atoms with E-state index in [-0.39, 0.29) is 12.1 Å². The zero-order valence-electron chi connectivity index (χ0n) is 15.0. The Balaban J connectivity index is 1.69. The largest absolute Gasteiger partial charge is 0.462 e. The molecule has 2 aromatic rings. The fourth-order valence-corrected chi connectivity index (χ4v) is 5.68. The Labute approximate surface area is 156 Å². The lowest BCUT2D eigenvalue weighted by atomic mass is 9.89. The number of esters is 1. The predicted molar refractivity (Wildman–Crippen MR) is 103 cm³/mol. The third-order valence-electron chi connectivity index (χ3n) is 4.78. The van der Waals surface area contributed by atoms with E-state index in [0.29, 0.717) is 11.7 Å². The van der Waals surface area contributed by atoms with E-state index in [2.05, 4.69) is 6.92 Å². The normalized spacial score (nSPS) is 20.1. The van der Waals surface area contributed by atoms with E-state index in [9.17, 15) is 4.79 Å². The van der Waals surface area contributed by atoms with Gasteiger partial charge in [0.2, 0.25) is 0 Å². The smallest absolute Gasteiger partial charge is 0.316 e. The predicted octanol–water partition coefficient (Wildman–Crippen LogP) is 4.74. The van der Waals surface area contributed by atoms with E-state index in [0.717, 1.165) is 34.4 Å². The number of ether oxygens (including phenoxy) is 1. The van der Waals surface area contributed by atoms with Crippen LogP contribution in [0, 0.1) is 5.92 Å². The van der Waals surface area contributed by atoms with Gasteiger partial charge in [0.25, 0.3) is 0 Å². The highest BCUT2D eigenvalue weighted by atomic mass is 32.2. The van der Waals surface area contributed by atoms with Gasteiger partial charge in [-0.2, -0.15) is 0 Å². The van der Waals surface area contributed by atoms with Gasteiger partial charge < -0.3 is 4.74 Å². The molecule has 1 unspecified atom stereocenters. The quantitative estimate of drug-likeness (QED) is 0.429. The van der Waals surface area contributed by atoms with Crippen LogP contribution < -0.4 is 0 Å². The maximum atomic E-state index is 12.0. The van der Waals surface area contributed by atoms with Crippen LogP contribution in [0.5, 0.6) is 0 Å². The number of hydrogen-bond donors (Lipinski definition) is 0. The van der Waals surface area contributed by atoms with Gasteiger partial charge in [0, 0.05) is 16.2 Å². The van der Waals surface area contributed by atoms with E-state index >= 15 is 0 Å². The Morgan fingerprint density at radius 3 is 2.84 bits per heavy atom. The first kappa shape index (κ1) is 17.3. The van der Waals surface area contributed by atoms with Gasteiger partial charge in [-0.05, 0) is 57.4 Å². The van der Waals surface area contributed by atoms with Crippen LogP contribution in [0.25, 0.3) is 10.2 Å². The first-order chi connectivity index (χ1) is 12.0. The molecule has 134 valence electrons. The highest BCUT2D eigenvalue weighted by Gasteiger charge is 2.30. The summed E-state index contributed by atoms with van der Waals surface area (Å²) in [6.45, 7) is 6.09. The van der Waals surface area contributed by atoms with Crippen LogP contribution in [0.15, 0.2) is 5.03 Å². The van der Waals surface area contributed by atoms with Crippen molar-refractivity contribution < 1.29 is 9.53 Å². The molecule has 0 N–H and O–H groups in total. The van der Waals surface area contributed by atoms with Crippen LogP contribution in [-0.4, -0.2) is 27.8 Å². The van der Waals surface area contributed by atoms with E-state index in [1.165, 1.54) is 46.9 Å². The summed E-state index contributed by atoms with van der Waals surface area (Å²) in [5, 5.41) is 2.19. The van der Waals surface area contributed by atoms with Crippen LogP contribution in [0.3, 0.4) is 0 Å². The summed E-state index contributed by atoms with van der Waals surface area (Å²) < 4.78 is 5.28. The van der Waals surface area contributed by atoms with E-state index < -0.39 is 0 Å². The second-order valence-corrected chi connectivity index (χ2v) is 9.57. The SMILES string of the molecule is CC1CCc2c(sc3nc(C4CC4)nc(SCC(=O)OC(C)C)c23)C1. The number of hydrogen-bond acceptors (Lipinski definition) is 6. The minimum Gasteiger partial charge on any atom is -0.462 e. The van der Waals surface area contributed by atoms with Crippen LogP contribution in [-0.2, 0) is 22.4 Å². The van der Waals surface area contributed by atoms with Crippen molar-refractivity contribution in [2.75, 3.05) is 5.75 Å². The van der Waals surface area contributed by atoms with Crippen LogP contribution in [0.1, 0.15) is 62.2 Å². The molecule has 0 amide bonds. The molecule has 2 aliphatic rings. The zero-order valence-corrected chi connectivity index (χ0v) is 16.6. The molecule has 6 heteroatoms. The zero-order chi connectivity index (χ0) is 17.6. The minimum absolute atomic E-state index is 0.0732. The number of thiophene rings is 1. The standard InChI is InChI=1S/C19H24N2O2S2/c1-10(2)23-15(22)9-24-18-16-13-7-4-11(3)8-14(13)25-19(16)21-17(20-18)12-5-6-12/h10-12H,4-9H2,1-3H3. The number of fused-ring (bicyclic) bond motifs is 3. The van der Waals surface area contributed by atoms with Gasteiger partial charge in [0.1, 0.15) is 15.7 Å². The maximum absolute atomic E-state index is 12.0. The molecule has 1 atom stereocenters. The second kappa shape index (κ2) is 6.88. The highest BCUT2D eigenvalue weighted by molar-refractivity contribution is 8.00. The first-order valence-electron chi connectivity index (χ1n) is 9.15. The topological polar surface area (TPSA) is 52.1 Å². The molecule has 2 aliphatic carbocycles. The molecule has 2 aromatic heterocycles. The third-order valence-corrected chi connectivity index (χ3v) is 6.87. The van der Waals surface area contributed by atoms with Crippen molar-refractivity contribution in [1.82, 2.24) is 9.97 Å². The summed E-state index contributed by atoms with van der Waals surface area (Å²) in [6.07, 6.45) is 5.78. The van der Waals surface area contributed by atoms with Crippen molar-refractivity contribution in [2.24, 2.45) is 5.92 Å². The summed E-state index contributed by atoms with van der Waals surface area (Å²) in [4.78, 5) is 24.3. The molecule has 2 heterocycles. The molecule has 1 fully saturated rings. The number of carbonyl (C=O) groups excluding carboxylic acids is 1. The Kier molecular flexibility index (Phi) is 4.75. The number of nitrogens with zero attached hydrogens (tertiary/aromatic N) is 2. The molecule has 1 saturated carbocycles. The van der Waals surface area contributed by atoms with Gasteiger partial charge in [0.05, 0.1) is 11.9 Å². The summed E-state index contributed by atoms with van der Waals surface area (Å²) in [5.74, 6) is 2.38. The molecular formula is C19H24N2O2S2. The molecular weight excluding hydrogens is 352 g/mol. The molecule has 4 nitrogen and oxygen atoms in total. The van der Waals surface area contributed by atoms with Crippen molar-refractivity contribution in [3.05, 3.63) is 16.3 Å². The summed E-state index contributed by atoms with van der Waals surface area (Å²) in [7, 11) is 0. The van der Waals surface area contributed by atoms with Gasteiger partial charge in [-0.1, -0.05) is 18.7 Å². The highest BCUT2D eigenvalue weighted by Crippen LogP contribution is 2.44. The number of aromatic nitrogens is 2. The van der Waals surface area contributed by atoms with E-state index in [4.69, 9.17) is 14.7 Å². The number of carbonyl (C=O) groups is 1. The molecule has 0 spiro atoms. The number of rotatable bonds is 5. The summed E-state index contributed by atoms with van der Waals surface area (Å²) >= 11 is 3.36. The Bertz CT molecular complexity index is 811. The first-order valence-corrected chi connectivity index (χ1v) is 11.0. The Hall–Kier alpha value is -1.14. The molecule has 0 bridgehead atoms. The van der Waals surface area contributed by atoms with Gasteiger partial charge in [-0.25, -0.2) is 9.97 Å². The van der Waals surface area contributed by atoms with E-state index in [1.54, 1.807) is 0 Å². The third kappa shape index (κ3) is 3.70. The lowest BCUT2D eigenvalue weighted by Gasteiger charge is -2.18. The maximum Gasteiger partial charge on any atom is 0.316 e. The summed E-state index contributed by atoms with van der Waals surface area (Å²) in [5.41, 5.74) is 1.43. The van der Waals surface area contributed by atoms with Crippen molar-refractivity contribution in [3.8, 4) is 0 Å². The fraction of sp³-hybridized carbons (Fsp3) is 0.632. The lowest BCUT2D eigenvalue weighted by Crippen LogP contribution is -2.13. The van der Waals surface area contributed by atoms with Gasteiger partial charge in [0.15, 0.2) is 0 Å². The number of aryl methyl sites for hydroxylation is 1. The molecule has 0 aromatic carbocycles. The van der Waals surface area contributed by atoms with E-state index in [1.807, 2.05) is 25.2 Å². The Morgan fingerprint density at radius 1 is 1.32 bits per heavy atom. The number of thioether (sulfide) groups is 1. The van der Waals surface area contributed by atoms with Crippen LogP contribution in [0.2, 0.25) is 0 Å². The van der Waals surface area contributed by atoms with Gasteiger partial charge in [-0.3, -0.25) is 4.79 Å². The van der Waals surface area contributed by atoms with Crippen LogP contribution in [0.4, 0.5) is 0 Å². The molecule has 25 heavy (non-hydrogen) atoms. The van der Waals surface area contributed by atoms with Gasteiger partial charge >= 0.3 is 5.97 Å². The van der Waals surface area contributed by atoms with Crippen molar-refractivity contribution in [3.63, 3.8) is 0 Å². The van der Waals surface area contributed by atoms with Crippen LogP contribution >= 0.6 is 23.1 Å². The molecule has 0 aliphatic heterocycles. The van der Waals surface area contributed by atoms with Crippen molar-refractivity contribution >= 4 is 39.3 Å². The second-order valence-electron chi connectivity index (χ2n) is 7.52. The average molecular weight is 377 g/mol. The Morgan fingerprint density at radius 2 is 2.12 bits per heavy atom. The fourth-order valence-electron chi connectivity index (χ4n) is 3.38. The average Bonchev–Trinajstić information content (AvgIpc) is 3.32. The minimum atomic E-state index is -0.169. The van der Waals surface area contributed by atoms with Gasteiger partial charge in [-0.15, -0.1) is 11.3 Å². The van der Waals surface area contributed by atoms with Crippen molar-refractivity contribution in [2.45, 2.75) is 69.9 Å². The summed E-state index contributed by atoms with van der Waals surface area (Å²) in [6, 6.07) is 0.